The first kappa shape index (κ1) is 14.0. The van der Waals surface area contributed by atoms with E-state index in [4.69, 9.17) is 0 Å². The van der Waals surface area contributed by atoms with Crippen LogP contribution in [0.5, 0.6) is 0 Å². The minimum atomic E-state index is 0.750. The van der Waals surface area contributed by atoms with Gasteiger partial charge in [0.1, 0.15) is 0 Å². The van der Waals surface area contributed by atoms with Gasteiger partial charge in [0, 0.05) is 17.5 Å². The Morgan fingerprint density at radius 3 is 2.89 bits per heavy atom. The van der Waals surface area contributed by atoms with Crippen LogP contribution in [0.3, 0.4) is 0 Å². The monoisotopic (exact) mass is 263 g/mol. The van der Waals surface area contributed by atoms with E-state index >= 15 is 0 Å². The third kappa shape index (κ3) is 4.66. The number of hydrogen-bond donors (Lipinski definition) is 1. The highest BCUT2D eigenvalue weighted by Gasteiger charge is 2.30. The van der Waals surface area contributed by atoms with Crippen molar-refractivity contribution < 1.29 is 0 Å². The number of rotatable bonds is 8. The molecule has 0 spiro atoms. The van der Waals surface area contributed by atoms with Gasteiger partial charge in [-0.1, -0.05) is 36.8 Å². The molecule has 0 amide bonds. The van der Waals surface area contributed by atoms with Crippen molar-refractivity contribution in [2.75, 3.05) is 12.3 Å². The summed E-state index contributed by atoms with van der Waals surface area (Å²) in [4.78, 5) is 0. The molecular formula is C16H25NS. The second-order valence-electron chi connectivity index (χ2n) is 5.40. The topological polar surface area (TPSA) is 12.0 Å². The van der Waals surface area contributed by atoms with Crippen molar-refractivity contribution >= 4 is 11.8 Å². The average molecular weight is 263 g/mol. The molecule has 1 aliphatic carbocycles. The lowest BCUT2D eigenvalue weighted by molar-refractivity contribution is 0.503. The molecule has 1 saturated carbocycles. The zero-order chi connectivity index (χ0) is 12.8. The molecule has 1 aliphatic rings. The molecule has 2 rings (SSSR count). The normalized spacial score (nSPS) is 16.8. The van der Waals surface area contributed by atoms with E-state index in [2.05, 4.69) is 55.2 Å². The molecule has 0 bridgehead atoms. The summed E-state index contributed by atoms with van der Waals surface area (Å²) in [6, 6.07) is 9.63. The Bertz CT molecular complexity index is 360. The van der Waals surface area contributed by atoms with Crippen molar-refractivity contribution in [2.45, 2.75) is 44.9 Å². The smallest absolute Gasteiger partial charge is 0.0186 e. The summed E-state index contributed by atoms with van der Waals surface area (Å²) in [5.74, 6) is 3.37. The first-order valence-corrected chi connectivity index (χ1v) is 8.31. The van der Waals surface area contributed by atoms with Gasteiger partial charge >= 0.3 is 0 Å². The second-order valence-corrected chi connectivity index (χ2v) is 6.43. The Labute approximate surface area is 116 Å². The van der Waals surface area contributed by atoms with Crippen LogP contribution >= 0.6 is 11.8 Å². The Hall–Kier alpha value is -0.470. The van der Waals surface area contributed by atoms with Crippen LogP contribution in [-0.2, 0) is 5.75 Å². The van der Waals surface area contributed by atoms with Crippen LogP contribution in [0.1, 0.15) is 37.3 Å². The van der Waals surface area contributed by atoms with Crippen LogP contribution in [-0.4, -0.2) is 18.3 Å². The Morgan fingerprint density at radius 2 is 2.22 bits per heavy atom. The highest BCUT2D eigenvalue weighted by molar-refractivity contribution is 7.98. The lowest BCUT2D eigenvalue weighted by Crippen LogP contribution is -2.33. The Morgan fingerprint density at radius 1 is 1.39 bits per heavy atom. The largest absolute Gasteiger partial charge is 0.313 e. The zero-order valence-electron chi connectivity index (χ0n) is 11.6. The molecule has 0 aromatic heterocycles. The first-order valence-electron chi connectivity index (χ1n) is 7.16. The predicted molar refractivity (Wildman–Crippen MR) is 82.1 cm³/mol. The van der Waals surface area contributed by atoms with Crippen molar-refractivity contribution in [2.24, 2.45) is 5.92 Å². The fourth-order valence-electron chi connectivity index (χ4n) is 2.30. The van der Waals surface area contributed by atoms with E-state index in [0.717, 1.165) is 17.7 Å². The lowest BCUT2D eigenvalue weighted by atomic mass is 10.2. The molecule has 1 aromatic carbocycles. The molecule has 1 unspecified atom stereocenters. The molecule has 0 heterocycles. The summed E-state index contributed by atoms with van der Waals surface area (Å²) >= 11 is 2.08. The molecule has 1 fully saturated rings. The maximum absolute atomic E-state index is 3.71. The predicted octanol–water partition coefficient (Wildman–Crippen LogP) is 4.01. The molecule has 1 aromatic rings. The van der Waals surface area contributed by atoms with Gasteiger partial charge in [-0.15, -0.1) is 0 Å². The van der Waals surface area contributed by atoms with Gasteiger partial charge < -0.3 is 5.32 Å². The van der Waals surface area contributed by atoms with Crippen molar-refractivity contribution in [1.82, 2.24) is 5.32 Å². The molecule has 0 saturated heterocycles. The van der Waals surface area contributed by atoms with Crippen LogP contribution in [0.2, 0.25) is 0 Å². The fraction of sp³-hybridized carbons (Fsp3) is 0.625. The highest BCUT2D eigenvalue weighted by Crippen LogP contribution is 2.34. The quantitative estimate of drug-likeness (QED) is 0.760. The minimum absolute atomic E-state index is 0.750. The third-order valence-electron chi connectivity index (χ3n) is 3.50. The van der Waals surface area contributed by atoms with E-state index in [0.29, 0.717) is 0 Å². The van der Waals surface area contributed by atoms with Crippen LogP contribution < -0.4 is 5.32 Å². The van der Waals surface area contributed by atoms with Crippen LogP contribution in [0, 0.1) is 12.8 Å². The molecule has 0 radical (unpaired) electrons. The van der Waals surface area contributed by atoms with E-state index in [1.165, 1.54) is 42.7 Å². The molecule has 1 atom stereocenters. The van der Waals surface area contributed by atoms with E-state index in [-0.39, 0.29) is 0 Å². The summed E-state index contributed by atoms with van der Waals surface area (Å²) in [7, 11) is 0. The summed E-state index contributed by atoms with van der Waals surface area (Å²) in [6.45, 7) is 5.59. The van der Waals surface area contributed by atoms with E-state index in [1.807, 2.05) is 0 Å². The average Bonchev–Trinajstić information content (AvgIpc) is 3.18. The molecule has 0 aliphatic heterocycles. The lowest BCUT2D eigenvalue weighted by Gasteiger charge is -2.17. The number of thioether (sulfide) groups is 1. The van der Waals surface area contributed by atoms with Crippen molar-refractivity contribution in [3.8, 4) is 0 Å². The first-order chi connectivity index (χ1) is 8.79. The summed E-state index contributed by atoms with van der Waals surface area (Å²) in [5.41, 5.74) is 2.83. The number of benzene rings is 1. The summed E-state index contributed by atoms with van der Waals surface area (Å²) < 4.78 is 0. The van der Waals surface area contributed by atoms with Gasteiger partial charge in [-0.2, -0.15) is 11.8 Å². The maximum Gasteiger partial charge on any atom is 0.0186 e. The van der Waals surface area contributed by atoms with E-state index < -0.39 is 0 Å². The summed E-state index contributed by atoms with van der Waals surface area (Å²) in [5, 5.41) is 3.71. The molecule has 1 nitrogen and oxygen atoms in total. The van der Waals surface area contributed by atoms with Gasteiger partial charge in [0.05, 0.1) is 0 Å². The molecule has 1 N–H and O–H groups in total. The zero-order valence-corrected chi connectivity index (χ0v) is 12.4. The Kier molecular flexibility index (Phi) is 5.58. The fourth-order valence-corrected chi connectivity index (χ4v) is 3.47. The Balaban J connectivity index is 1.72. The van der Waals surface area contributed by atoms with Gasteiger partial charge in [0.2, 0.25) is 0 Å². The third-order valence-corrected chi connectivity index (χ3v) is 4.63. The van der Waals surface area contributed by atoms with Crippen LogP contribution in [0.15, 0.2) is 24.3 Å². The standard InChI is InChI=1S/C16H25NS/c1-3-9-17-16(15-7-8-15)12-18-11-14-6-4-5-13(2)10-14/h4-6,10,15-17H,3,7-9,11-12H2,1-2H3. The SMILES string of the molecule is CCCNC(CSCc1cccc(C)c1)C1CC1. The van der Waals surface area contributed by atoms with Gasteiger partial charge in [-0.05, 0) is 44.2 Å². The van der Waals surface area contributed by atoms with Gasteiger partial charge in [-0.3, -0.25) is 0 Å². The van der Waals surface area contributed by atoms with Gasteiger partial charge in [-0.25, -0.2) is 0 Å². The van der Waals surface area contributed by atoms with Crippen molar-refractivity contribution in [3.05, 3.63) is 35.4 Å². The molecular weight excluding hydrogens is 238 g/mol. The van der Waals surface area contributed by atoms with Gasteiger partial charge in [0.25, 0.3) is 0 Å². The minimum Gasteiger partial charge on any atom is -0.313 e. The molecule has 18 heavy (non-hydrogen) atoms. The summed E-state index contributed by atoms with van der Waals surface area (Å²) in [6.07, 6.45) is 4.12. The number of aryl methyl sites for hydroxylation is 1. The van der Waals surface area contributed by atoms with Crippen LogP contribution in [0.4, 0.5) is 0 Å². The van der Waals surface area contributed by atoms with Crippen LogP contribution in [0.25, 0.3) is 0 Å². The highest BCUT2D eigenvalue weighted by atomic mass is 32.2. The van der Waals surface area contributed by atoms with E-state index in [9.17, 15) is 0 Å². The molecule has 100 valence electrons. The maximum atomic E-state index is 3.71. The second kappa shape index (κ2) is 7.20. The number of hydrogen-bond acceptors (Lipinski definition) is 2. The van der Waals surface area contributed by atoms with Crippen molar-refractivity contribution in [1.29, 1.82) is 0 Å². The molecule has 2 heteroatoms. The van der Waals surface area contributed by atoms with Gasteiger partial charge in [0.15, 0.2) is 0 Å². The van der Waals surface area contributed by atoms with E-state index in [1.54, 1.807) is 0 Å². The van der Waals surface area contributed by atoms with Crippen molar-refractivity contribution in [3.63, 3.8) is 0 Å². The number of nitrogens with one attached hydrogen (secondary N) is 1.